The fourth-order valence-electron chi connectivity index (χ4n) is 2.80. The predicted octanol–water partition coefficient (Wildman–Crippen LogP) is 3.44. The van der Waals surface area contributed by atoms with Crippen LogP contribution in [-0.4, -0.2) is 18.6 Å². The van der Waals surface area contributed by atoms with Crippen LogP contribution >= 0.6 is 0 Å². The highest BCUT2D eigenvalue weighted by molar-refractivity contribution is 5.92. The zero-order chi connectivity index (χ0) is 14.8. The number of ether oxygens (including phenoxy) is 1. The molecule has 0 aromatic heterocycles. The van der Waals surface area contributed by atoms with Crippen LogP contribution in [0.25, 0.3) is 0 Å². The van der Waals surface area contributed by atoms with E-state index < -0.39 is 0 Å². The summed E-state index contributed by atoms with van der Waals surface area (Å²) in [7, 11) is 0. The van der Waals surface area contributed by atoms with Gasteiger partial charge in [0.15, 0.2) is 0 Å². The molecule has 0 spiro atoms. The van der Waals surface area contributed by atoms with Crippen molar-refractivity contribution in [1.29, 1.82) is 0 Å². The summed E-state index contributed by atoms with van der Waals surface area (Å²) in [5.41, 5.74) is 8.42. The van der Waals surface area contributed by atoms with Gasteiger partial charge in [-0.1, -0.05) is 13.8 Å². The highest BCUT2D eigenvalue weighted by Crippen LogP contribution is 2.38. The van der Waals surface area contributed by atoms with Crippen molar-refractivity contribution in [3.05, 3.63) is 23.8 Å². The van der Waals surface area contributed by atoms with Crippen molar-refractivity contribution in [2.75, 3.05) is 17.7 Å². The van der Waals surface area contributed by atoms with Crippen molar-refractivity contribution in [2.24, 2.45) is 5.41 Å². The van der Waals surface area contributed by atoms with Crippen LogP contribution in [-0.2, 0) is 4.74 Å². The molecule has 0 bridgehead atoms. The third-order valence-electron chi connectivity index (χ3n) is 3.89. The maximum absolute atomic E-state index is 11.8. The third-order valence-corrected chi connectivity index (χ3v) is 3.89. The molecule has 0 radical (unpaired) electrons. The fraction of sp³-hybridized carbons (Fsp3) is 0.562. The van der Waals surface area contributed by atoms with Gasteiger partial charge in [-0.15, -0.1) is 0 Å². The Balaban J connectivity index is 2.11. The number of nitrogens with one attached hydrogen (secondary N) is 1. The number of esters is 1. The normalized spacial score (nSPS) is 20.6. The van der Waals surface area contributed by atoms with Crippen LogP contribution in [0.15, 0.2) is 18.2 Å². The summed E-state index contributed by atoms with van der Waals surface area (Å²) in [6.07, 6.45) is 3.47. The van der Waals surface area contributed by atoms with Gasteiger partial charge in [0.05, 0.1) is 23.5 Å². The molecule has 2 rings (SSSR count). The minimum atomic E-state index is -0.303. The van der Waals surface area contributed by atoms with E-state index in [0.717, 1.165) is 18.5 Å². The van der Waals surface area contributed by atoms with Crippen LogP contribution in [0.3, 0.4) is 0 Å². The minimum absolute atomic E-state index is 0.303. The summed E-state index contributed by atoms with van der Waals surface area (Å²) in [5, 5.41) is 3.47. The van der Waals surface area contributed by atoms with Crippen LogP contribution in [0.4, 0.5) is 11.4 Å². The van der Waals surface area contributed by atoms with E-state index in [4.69, 9.17) is 10.5 Å². The molecule has 1 aromatic carbocycles. The molecule has 4 heteroatoms. The molecular formula is C16H24N2O2. The van der Waals surface area contributed by atoms with Gasteiger partial charge in [0.2, 0.25) is 0 Å². The molecule has 0 saturated heterocycles. The summed E-state index contributed by atoms with van der Waals surface area (Å²) in [4.78, 5) is 11.8. The van der Waals surface area contributed by atoms with E-state index in [2.05, 4.69) is 19.2 Å². The SMILES string of the molecule is CCOC(=O)c1ccc(N)c(NC2CCC(C)(C)C2)c1. The van der Waals surface area contributed by atoms with Crippen molar-refractivity contribution in [2.45, 2.75) is 46.1 Å². The molecule has 1 aliphatic carbocycles. The second-order valence-corrected chi connectivity index (χ2v) is 6.27. The summed E-state index contributed by atoms with van der Waals surface area (Å²) >= 11 is 0. The molecule has 1 aromatic rings. The molecule has 3 N–H and O–H groups in total. The van der Waals surface area contributed by atoms with E-state index >= 15 is 0 Å². The molecule has 1 aliphatic rings. The predicted molar refractivity (Wildman–Crippen MR) is 81.9 cm³/mol. The van der Waals surface area contributed by atoms with Crippen LogP contribution in [0.5, 0.6) is 0 Å². The molecule has 0 heterocycles. The number of rotatable bonds is 4. The lowest BCUT2D eigenvalue weighted by molar-refractivity contribution is 0.0526. The number of hydrogen-bond acceptors (Lipinski definition) is 4. The van der Waals surface area contributed by atoms with E-state index in [1.54, 1.807) is 25.1 Å². The standard InChI is InChI=1S/C16H24N2O2/c1-4-20-15(19)11-5-6-13(17)14(9-11)18-12-7-8-16(2,3)10-12/h5-6,9,12,18H,4,7-8,10,17H2,1-3H3. The first-order chi connectivity index (χ1) is 9.41. The van der Waals surface area contributed by atoms with E-state index in [1.165, 1.54) is 6.42 Å². The molecule has 20 heavy (non-hydrogen) atoms. The monoisotopic (exact) mass is 276 g/mol. The number of nitrogen functional groups attached to an aromatic ring is 1. The van der Waals surface area contributed by atoms with Crippen LogP contribution in [0.2, 0.25) is 0 Å². The first kappa shape index (κ1) is 14.7. The quantitative estimate of drug-likeness (QED) is 0.653. The van der Waals surface area contributed by atoms with Gasteiger partial charge in [-0.25, -0.2) is 4.79 Å². The number of nitrogens with two attached hydrogens (primary N) is 1. The molecule has 4 nitrogen and oxygen atoms in total. The summed E-state index contributed by atoms with van der Waals surface area (Å²) in [6.45, 7) is 6.75. The molecule has 0 amide bonds. The van der Waals surface area contributed by atoms with Crippen molar-refractivity contribution in [3.8, 4) is 0 Å². The minimum Gasteiger partial charge on any atom is -0.462 e. The molecule has 1 fully saturated rings. The Labute approximate surface area is 120 Å². The Morgan fingerprint density at radius 2 is 2.25 bits per heavy atom. The Bertz CT molecular complexity index is 497. The molecule has 110 valence electrons. The zero-order valence-electron chi connectivity index (χ0n) is 12.5. The lowest BCUT2D eigenvalue weighted by Crippen LogP contribution is -2.19. The van der Waals surface area contributed by atoms with Gasteiger partial charge in [0.25, 0.3) is 0 Å². The van der Waals surface area contributed by atoms with Gasteiger partial charge in [-0.3, -0.25) is 0 Å². The average Bonchev–Trinajstić information content (AvgIpc) is 2.72. The molecule has 0 aliphatic heterocycles. The first-order valence-electron chi connectivity index (χ1n) is 7.24. The molecule has 1 atom stereocenters. The number of benzene rings is 1. The third kappa shape index (κ3) is 3.44. The van der Waals surface area contributed by atoms with Gasteiger partial charge in [0.1, 0.15) is 0 Å². The number of carbonyl (C=O) groups excluding carboxylic acids is 1. The van der Waals surface area contributed by atoms with Crippen LogP contribution in [0, 0.1) is 5.41 Å². The Morgan fingerprint density at radius 3 is 2.85 bits per heavy atom. The second-order valence-electron chi connectivity index (χ2n) is 6.27. The first-order valence-corrected chi connectivity index (χ1v) is 7.24. The highest BCUT2D eigenvalue weighted by atomic mass is 16.5. The van der Waals surface area contributed by atoms with Crippen molar-refractivity contribution in [3.63, 3.8) is 0 Å². The van der Waals surface area contributed by atoms with Gasteiger partial charge in [-0.05, 0) is 49.8 Å². The molecular weight excluding hydrogens is 252 g/mol. The number of anilines is 2. The van der Waals surface area contributed by atoms with E-state index in [-0.39, 0.29) is 5.97 Å². The van der Waals surface area contributed by atoms with Gasteiger partial charge >= 0.3 is 5.97 Å². The number of carbonyl (C=O) groups is 1. The van der Waals surface area contributed by atoms with Gasteiger partial charge < -0.3 is 15.8 Å². The van der Waals surface area contributed by atoms with Crippen molar-refractivity contribution in [1.82, 2.24) is 0 Å². The lowest BCUT2D eigenvalue weighted by Gasteiger charge is -2.19. The van der Waals surface area contributed by atoms with Crippen molar-refractivity contribution < 1.29 is 9.53 Å². The molecule has 1 unspecified atom stereocenters. The van der Waals surface area contributed by atoms with E-state index in [9.17, 15) is 4.79 Å². The summed E-state index contributed by atoms with van der Waals surface area (Å²) in [6, 6.07) is 5.68. The Morgan fingerprint density at radius 1 is 1.50 bits per heavy atom. The maximum atomic E-state index is 11.8. The van der Waals surface area contributed by atoms with Gasteiger partial charge in [-0.2, -0.15) is 0 Å². The number of hydrogen-bond donors (Lipinski definition) is 2. The molecule has 1 saturated carbocycles. The van der Waals surface area contributed by atoms with Crippen molar-refractivity contribution >= 4 is 17.3 Å². The fourth-order valence-corrected chi connectivity index (χ4v) is 2.80. The Kier molecular flexibility index (Phi) is 4.21. The average molecular weight is 276 g/mol. The summed E-state index contributed by atoms with van der Waals surface area (Å²) < 4.78 is 5.02. The van der Waals surface area contributed by atoms with Crippen LogP contribution in [0.1, 0.15) is 50.4 Å². The van der Waals surface area contributed by atoms with E-state index in [1.807, 2.05) is 0 Å². The second kappa shape index (κ2) is 5.73. The smallest absolute Gasteiger partial charge is 0.338 e. The topological polar surface area (TPSA) is 64.3 Å². The largest absolute Gasteiger partial charge is 0.462 e. The van der Waals surface area contributed by atoms with Gasteiger partial charge in [0, 0.05) is 6.04 Å². The summed E-state index contributed by atoms with van der Waals surface area (Å²) in [5.74, 6) is -0.303. The lowest BCUT2D eigenvalue weighted by atomic mass is 9.92. The highest BCUT2D eigenvalue weighted by Gasteiger charge is 2.31. The maximum Gasteiger partial charge on any atom is 0.338 e. The zero-order valence-corrected chi connectivity index (χ0v) is 12.5. The van der Waals surface area contributed by atoms with Crippen LogP contribution < -0.4 is 11.1 Å². The van der Waals surface area contributed by atoms with E-state index in [0.29, 0.717) is 29.3 Å². The Hall–Kier alpha value is -1.71.